The Bertz CT molecular complexity index is 365. The zero-order chi connectivity index (χ0) is 12.0. The second-order valence-corrected chi connectivity index (χ2v) is 3.42. The fourth-order valence-electron chi connectivity index (χ4n) is 1.25. The Hall–Kier alpha value is -1.62. The van der Waals surface area contributed by atoms with Gasteiger partial charge in [0.15, 0.2) is 5.75 Å². The van der Waals surface area contributed by atoms with Crippen molar-refractivity contribution in [3.63, 3.8) is 0 Å². The number of nitro groups is 1. The van der Waals surface area contributed by atoms with Crippen molar-refractivity contribution in [2.24, 2.45) is 0 Å². The minimum absolute atomic E-state index is 0.0948. The fraction of sp³-hybridized carbons (Fsp3) is 0.455. The number of nitro benzene ring substituents is 1. The maximum Gasteiger partial charge on any atom is 0.311 e. The molecule has 0 bridgehead atoms. The molecule has 0 aliphatic heterocycles. The van der Waals surface area contributed by atoms with Gasteiger partial charge < -0.3 is 9.84 Å². The van der Waals surface area contributed by atoms with Crippen molar-refractivity contribution >= 4 is 5.69 Å². The summed E-state index contributed by atoms with van der Waals surface area (Å²) in [6, 6.07) is 4.48. The number of nitrogens with zero attached hydrogens (tertiary/aromatic N) is 1. The minimum Gasteiger partial charge on any atom is -0.487 e. The first-order valence-corrected chi connectivity index (χ1v) is 5.20. The molecule has 1 aromatic carbocycles. The number of hydrogen-bond donors (Lipinski definition) is 1. The quantitative estimate of drug-likeness (QED) is 0.458. The molecular formula is C11H15NO4. The van der Waals surface area contributed by atoms with E-state index in [1.54, 1.807) is 6.07 Å². The molecule has 1 aromatic rings. The molecule has 1 N–H and O–H groups in total. The molecule has 5 heteroatoms. The molecule has 0 heterocycles. The highest BCUT2D eigenvalue weighted by Gasteiger charge is 2.15. The second-order valence-electron chi connectivity index (χ2n) is 3.42. The van der Waals surface area contributed by atoms with Crippen LogP contribution in [0.3, 0.4) is 0 Å². The topological polar surface area (TPSA) is 72.6 Å². The first-order chi connectivity index (χ1) is 7.69. The van der Waals surface area contributed by atoms with E-state index in [1.807, 2.05) is 6.92 Å². The summed E-state index contributed by atoms with van der Waals surface area (Å²) < 4.78 is 5.32. The monoisotopic (exact) mass is 225 g/mol. The molecule has 0 aliphatic carbocycles. The van der Waals surface area contributed by atoms with Gasteiger partial charge in [-0.1, -0.05) is 19.4 Å². The summed E-state index contributed by atoms with van der Waals surface area (Å²) in [4.78, 5) is 10.3. The van der Waals surface area contributed by atoms with Crippen LogP contribution in [0.1, 0.15) is 25.3 Å². The van der Waals surface area contributed by atoms with E-state index in [0.29, 0.717) is 12.2 Å². The summed E-state index contributed by atoms with van der Waals surface area (Å²) in [6.45, 7) is 2.28. The lowest BCUT2D eigenvalue weighted by Gasteiger charge is -2.06. The standard InChI is InChI=1S/C11H15NO4/c1-2-3-6-16-11-5-4-9(8-13)7-10(11)12(14)15/h4-5,7,13H,2-3,6,8H2,1H3. The number of benzene rings is 1. The molecule has 0 radical (unpaired) electrons. The lowest BCUT2D eigenvalue weighted by atomic mass is 10.2. The van der Waals surface area contributed by atoms with Crippen molar-refractivity contribution in [3.8, 4) is 5.75 Å². The molecule has 1 rings (SSSR count). The molecule has 0 unspecified atom stereocenters. The first kappa shape index (κ1) is 12.4. The van der Waals surface area contributed by atoms with Crippen molar-refractivity contribution in [3.05, 3.63) is 33.9 Å². The molecule has 0 fully saturated rings. The Kier molecular flexibility index (Phi) is 4.72. The maximum atomic E-state index is 10.8. The normalized spacial score (nSPS) is 10.1. The van der Waals surface area contributed by atoms with Crippen LogP contribution in [-0.2, 0) is 6.61 Å². The smallest absolute Gasteiger partial charge is 0.311 e. The van der Waals surface area contributed by atoms with Gasteiger partial charge in [0, 0.05) is 6.07 Å². The summed E-state index contributed by atoms with van der Waals surface area (Å²) in [5.41, 5.74) is 0.414. The van der Waals surface area contributed by atoms with Crippen molar-refractivity contribution in [1.82, 2.24) is 0 Å². The Morgan fingerprint density at radius 3 is 2.81 bits per heavy atom. The maximum absolute atomic E-state index is 10.8. The second kappa shape index (κ2) is 6.07. The Morgan fingerprint density at radius 1 is 1.50 bits per heavy atom. The van der Waals surface area contributed by atoms with Crippen LogP contribution in [0.15, 0.2) is 18.2 Å². The number of hydrogen-bond acceptors (Lipinski definition) is 4. The van der Waals surface area contributed by atoms with E-state index in [4.69, 9.17) is 9.84 Å². The van der Waals surface area contributed by atoms with Gasteiger partial charge >= 0.3 is 5.69 Å². The SMILES string of the molecule is CCCCOc1ccc(CO)cc1[N+](=O)[O-]. The van der Waals surface area contributed by atoms with Gasteiger partial charge in [0.2, 0.25) is 0 Å². The van der Waals surface area contributed by atoms with E-state index < -0.39 is 4.92 Å². The molecule has 5 nitrogen and oxygen atoms in total. The number of aliphatic hydroxyl groups is 1. The van der Waals surface area contributed by atoms with E-state index >= 15 is 0 Å². The number of unbranched alkanes of at least 4 members (excludes halogenated alkanes) is 1. The van der Waals surface area contributed by atoms with Gasteiger partial charge in [-0.2, -0.15) is 0 Å². The van der Waals surface area contributed by atoms with Gasteiger partial charge in [0.25, 0.3) is 0 Å². The van der Waals surface area contributed by atoms with Crippen LogP contribution in [0.4, 0.5) is 5.69 Å². The molecule has 0 saturated carbocycles. The molecule has 0 saturated heterocycles. The third-order valence-electron chi connectivity index (χ3n) is 2.16. The average Bonchev–Trinajstić information content (AvgIpc) is 2.29. The Balaban J connectivity index is 2.85. The number of rotatable bonds is 6. The lowest BCUT2D eigenvalue weighted by molar-refractivity contribution is -0.386. The van der Waals surface area contributed by atoms with Crippen LogP contribution in [0.25, 0.3) is 0 Å². The molecule has 16 heavy (non-hydrogen) atoms. The van der Waals surface area contributed by atoms with Gasteiger partial charge in [-0.25, -0.2) is 0 Å². The largest absolute Gasteiger partial charge is 0.487 e. The third-order valence-corrected chi connectivity index (χ3v) is 2.16. The predicted octanol–water partition coefficient (Wildman–Crippen LogP) is 2.27. The van der Waals surface area contributed by atoms with Crippen LogP contribution >= 0.6 is 0 Å². The molecule has 88 valence electrons. The van der Waals surface area contributed by atoms with E-state index in [2.05, 4.69) is 0 Å². The Labute approximate surface area is 93.8 Å². The van der Waals surface area contributed by atoms with Crippen LogP contribution < -0.4 is 4.74 Å². The third kappa shape index (κ3) is 3.20. The molecule has 0 atom stereocenters. The number of aliphatic hydroxyl groups excluding tert-OH is 1. The lowest BCUT2D eigenvalue weighted by Crippen LogP contribution is -2.01. The Morgan fingerprint density at radius 2 is 2.25 bits per heavy atom. The van der Waals surface area contributed by atoms with Gasteiger partial charge in [-0.15, -0.1) is 0 Å². The summed E-state index contributed by atoms with van der Waals surface area (Å²) in [7, 11) is 0. The van der Waals surface area contributed by atoms with Crippen molar-refractivity contribution in [2.75, 3.05) is 6.61 Å². The van der Waals surface area contributed by atoms with Gasteiger partial charge in [-0.3, -0.25) is 10.1 Å². The summed E-state index contributed by atoms with van der Waals surface area (Å²) in [6.07, 6.45) is 1.83. The van der Waals surface area contributed by atoms with Crippen molar-refractivity contribution in [2.45, 2.75) is 26.4 Å². The van der Waals surface area contributed by atoms with E-state index in [0.717, 1.165) is 12.8 Å². The van der Waals surface area contributed by atoms with E-state index in [9.17, 15) is 10.1 Å². The summed E-state index contributed by atoms with van der Waals surface area (Å²) in [5.74, 6) is 0.260. The number of ether oxygens (including phenoxy) is 1. The van der Waals surface area contributed by atoms with Gasteiger partial charge in [0.05, 0.1) is 18.1 Å². The molecular weight excluding hydrogens is 210 g/mol. The van der Waals surface area contributed by atoms with Crippen LogP contribution in [-0.4, -0.2) is 16.6 Å². The highest BCUT2D eigenvalue weighted by Crippen LogP contribution is 2.28. The first-order valence-electron chi connectivity index (χ1n) is 5.20. The highest BCUT2D eigenvalue weighted by atomic mass is 16.6. The van der Waals surface area contributed by atoms with Crippen LogP contribution in [0, 0.1) is 10.1 Å². The van der Waals surface area contributed by atoms with Crippen LogP contribution in [0.5, 0.6) is 5.75 Å². The summed E-state index contributed by atoms with van der Waals surface area (Å²) in [5, 5.41) is 19.7. The molecule has 0 spiro atoms. The van der Waals surface area contributed by atoms with Crippen molar-refractivity contribution in [1.29, 1.82) is 0 Å². The van der Waals surface area contributed by atoms with E-state index in [-0.39, 0.29) is 18.0 Å². The minimum atomic E-state index is -0.500. The van der Waals surface area contributed by atoms with Crippen LogP contribution in [0.2, 0.25) is 0 Å². The molecule has 0 aliphatic rings. The van der Waals surface area contributed by atoms with Gasteiger partial charge in [-0.05, 0) is 18.1 Å². The predicted molar refractivity (Wildman–Crippen MR) is 59.4 cm³/mol. The van der Waals surface area contributed by atoms with Gasteiger partial charge in [0.1, 0.15) is 0 Å². The summed E-state index contributed by atoms with van der Waals surface area (Å²) >= 11 is 0. The fourth-order valence-corrected chi connectivity index (χ4v) is 1.25. The average molecular weight is 225 g/mol. The van der Waals surface area contributed by atoms with E-state index in [1.165, 1.54) is 12.1 Å². The highest BCUT2D eigenvalue weighted by molar-refractivity contribution is 5.48. The zero-order valence-corrected chi connectivity index (χ0v) is 9.18. The van der Waals surface area contributed by atoms with Crippen molar-refractivity contribution < 1.29 is 14.8 Å². The molecule has 0 amide bonds. The molecule has 0 aromatic heterocycles. The zero-order valence-electron chi connectivity index (χ0n) is 9.18.